The van der Waals surface area contributed by atoms with Gasteiger partial charge in [0.1, 0.15) is 12.7 Å². The van der Waals surface area contributed by atoms with Gasteiger partial charge in [0.05, 0.1) is 25.0 Å². The Morgan fingerprint density at radius 2 is 1.70 bits per heavy atom. The number of benzene rings is 3. The molecule has 0 fully saturated rings. The summed E-state index contributed by atoms with van der Waals surface area (Å²) in [4.78, 5) is 12.6. The number of hydrogen-bond acceptors (Lipinski definition) is 5. The van der Waals surface area contributed by atoms with E-state index >= 15 is 0 Å². The number of anilines is 1. The zero-order valence-corrected chi connectivity index (χ0v) is 19.5. The molecule has 1 aliphatic rings. The third kappa shape index (κ3) is 5.58. The maximum absolute atomic E-state index is 12.6. The van der Waals surface area contributed by atoms with Gasteiger partial charge in [-0.25, -0.2) is 8.42 Å². The van der Waals surface area contributed by atoms with E-state index in [0.717, 1.165) is 6.26 Å². The number of nitrogens with zero attached hydrogens (tertiary/aromatic N) is 1. The van der Waals surface area contributed by atoms with Crippen LogP contribution in [-0.4, -0.2) is 39.8 Å². The molecular weight excluding hydrogens is 464 g/mol. The first-order valence-corrected chi connectivity index (χ1v) is 12.5. The SMILES string of the molecule is CS(=O)(=O)N(Cc1ccccc1Cl)c1ccc(C(=O)NC[C@@H]2COc3ccccc3O2)cc1. The Labute approximate surface area is 197 Å². The Kier molecular flexibility index (Phi) is 6.76. The van der Waals surface area contributed by atoms with Crippen molar-refractivity contribution in [2.75, 3.05) is 23.7 Å². The van der Waals surface area contributed by atoms with Gasteiger partial charge in [-0.05, 0) is 48.0 Å². The maximum Gasteiger partial charge on any atom is 0.251 e. The summed E-state index contributed by atoms with van der Waals surface area (Å²) in [5, 5.41) is 3.32. The van der Waals surface area contributed by atoms with Crippen molar-refractivity contribution >= 4 is 33.2 Å². The summed E-state index contributed by atoms with van der Waals surface area (Å²) in [5.74, 6) is 1.04. The molecule has 9 heteroatoms. The van der Waals surface area contributed by atoms with E-state index in [1.54, 1.807) is 48.5 Å². The van der Waals surface area contributed by atoms with Crippen LogP contribution in [0.2, 0.25) is 5.02 Å². The van der Waals surface area contributed by atoms with E-state index in [4.69, 9.17) is 21.1 Å². The van der Waals surface area contributed by atoms with E-state index in [1.165, 1.54) is 4.31 Å². The Morgan fingerprint density at radius 3 is 2.39 bits per heavy atom. The van der Waals surface area contributed by atoms with Crippen LogP contribution >= 0.6 is 11.6 Å². The number of nitrogens with one attached hydrogen (secondary N) is 1. The second kappa shape index (κ2) is 9.72. The van der Waals surface area contributed by atoms with Gasteiger partial charge in [0, 0.05) is 10.6 Å². The molecule has 0 bridgehead atoms. The van der Waals surface area contributed by atoms with Gasteiger partial charge in [0.25, 0.3) is 5.91 Å². The molecule has 0 radical (unpaired) electrons. The zero-order valence-electron chi connectivity index (χ0n) is 17.9. The Hall–Kier alpha value is -3.23. The summed E-state index contributed by atoms with van der Waals surface area (Å²) in [5.41, 5.74) is 1.53. The quantitative estimate of drug-likeness (QED) is 0.548. The molecule has 3 aromatic carbocycles. The van der Waals surface area contributed by atoms with Crippen molar-refractivity contribution in [3.8, 4) is 11.5 Å². The summed E-state index contributed by atoms with van der Waals surface area (Å²) in [6.45, 7) is 0.697. The van der Waals surface area contributed by atoms with Gasteiger partial charge in [-0.2, -0.15) is 0 Å². The van der Waals surface area contributed by atoms with Gasteiger partial charge in [0.2, 0.25) is 10.0 Å². The second-order valence-corrected chi connectivity index (χ2v) is 9.93. The molecule has 0 spiro atoms. The zero-order chi connectivity index (χ0) is 23.4. The summed E-state index contributed by atoms with van der Waals surface area (Å²) < 4.78 is 37.6. The van der Waals surface area contributed by atoms with Crippen molar-refractivity contribution in [2.45, 2.75) is 12.6 Å². The van der Waals surface area contributed by atoms with Crippen molar-refractivity contribution in [1.82, 2.24) is 5.32 Å². The number of hydrogen-bond donors (Lipinski definition) is 1. The molecular formula is C24H23ClN2O5S. The maximum atomic E-state index is 12.6. The second-order valence-electron chi connectivity index (χ2n) is 7.62. The Morgan fingerprint density at radius 1 is 1.03 bits per heavy atom. The lowest BCUT2D eigenvalue weighted by Gasteiger charge is -2.26. The number of fused-ring (bicyclic) bond motifs is 1. The molecule has 1 heterocycles. The first kappa shape index (κ1) is 22.9. The molecule has 1 N–H and O–H groups in total. The Bertz CT molecular complexity index is 1250. The fourth-order valence-electron chi connectivity index (χ4n) is 3.43. The monoisotopic (exact) mass is 486 g/mol. The molecule has 0 aliphatic carbocycles. The van der Waals surface area contributed by atoms with Crippen LogP contribution in [0, 0.1) is 0 Å². The summed E-state index contributed by atoms with van der Waals surface area (Å²) in [6, 6.07) is 20.8. The molecule has 3 aromatic rings. The van der Waals surface area contributed by atoms with Crippen LogP contribution in [0.15, 0.2) is 72.8 Å². The molecule has 1 aliphatic heterocycles. The highest BCUT2D eigenvalue weighted by Crippen LogP contribution is 2.30. The van der Waals surface area contributed by atoms with Crippen molar-refractivity contribution in [3.63, 3.8) is 0 Å². The average molecular weight is 487 g/mol. The first-order chi connectivity index (χ1) is 15.8. The minimum Gasteiger partial charge on any atom is -0.486 e. The van der Waals surface area contributed by atoms with Gasteiger partial charge in [0.15, 0.2) is 11.5 Å². The number of ether oxygens (including phenoxy) is 2. The number of carbonyl (C=O) groups is 1. The largest absolute Gasteiger partial charge is 0.486 e. The minimum atomic E-state index is -3.57. The molecule has 0 saturated heterocycles. The van der Waals surface area contributed by atoms with E-state index < -0.39 is 10.0 Å². The van der Waals surface area contributed by atoms with Crippen LogP contribution in [0.1, 0.15) is 15.9 Å². The van der Waals surface area contributed by atoms with E-state index in [9.17, 15) is 13.2 Å². The van der Waals surface area contributed by atoms with E-state index in [2.05, 4.69) is 5.32 Å². The first-order valence-electron chi connectivity index (χ1n) is 10.3. The lowest BCUT2D eigenvalue weighted by molar-refractivity contribution is 0.0789. The summed E-state index contributed by atoms with van der Waals surface area (Å²) >= 11 is 6.21. The van der Waals surface area contributed by atoms with Crippen LogP contribution in [0.25, 0.3) is 0 Å². The summed E-state index contributed by atoms with van der Waals surface area (Å²) in [7, 11) is -3.57. The van der Waals surface area contributed by atoms with Crippen LogP contribution in [0.4, 0.5) is 5.69 Å². The highest BCUT2D eigenvalue weighted by atomic mass is 35.5. The van der Waals surface area contributed by atoms with Crippen molar-refractivity contribution < 1.29 is 22.7 Å². The molecule has 1 atom stereocenters. The topological polar surface area (TPSA) is 84.9 Å². The van der Waals surface area contributed by atoms with Crippen LogP contribution < -0.4 is 19.1 Å². The van der Waals surface area contributed by atoms with E-state index in [-0.39, 0.29) is 25.1 Å². The lowest BCUT2D eigenvalue weighted by Crippen LogP contribution is -2.40. The fraction of sp³-hybridized carbons (Fsp3) is 0.208. The van der Waals surface area contributed by atoms with Gasteiger partial charge >= 0.3 is 0 Å². The lowest BCUT2D eigenvalue weighted by atomic mass is 10.1. The molecule has 0 unspecified atom stereocenters. The predicted molar refractivity (Wildman–Crippen MR) is 128 cm³/mol. The molecule has 1 amide bonds. The standard InChI is InChI=1S/C24H23ClN2O5S/c1-33(29,30)27(15-18-6-2-3-7-21(18)25)19-12-10-17(11-13-19)24(28)26-14-20-16-31-22-8-4-5-9-23(22)32-20/h2-13,20H,14-16H2,1H3,(H,26,28)/t20-/m1/s1. The highest BCUT2D eigenvalue weighted by Gasteiger charge is 2.22. The molecule has 4 rings (SSSR count). The average Bonchev–Trinajstić information content (AvgIpc) is 2.81. The van der Waals surface area contributed by atoms with Gasteiger partial charge < -0.3 is 14.8 Å². The third-order valence-corrected chi connectivity index (χ3v) is 6.66. The molecule has 172 valence electrons. The van der Waals surface area contributed by atoms with Crippen molar-refractivity contribution in [3.05, 3.63) is 88.9 Å². The Balaban J connectivity index is 1.41. The number of para-hydroxylation sites is 2. The number of sulfonamides is 1. The molecule has 0 saturated carbocycles. The number of rotatable bonds is 7. The van der Waals surface area contributed by atoms with Crippen LogP contribution in [-0.2, 0) is 16.6 Å². The van der Waals surface area contributed by atoms with Gasteiger partial charge in [-0.15, -0.1) is 0 Å². The van der Waals surface area contributed by atoms with Crippen LogP contribution in [0.5, 0.6) is 11.5 Å². The molecule has 33 heavy (non-hydrogen) atoms. The minimum absolute atomic E-state index is 0.0878. The third-order valence-electron chi connectivity index (χ3n) is 5.15. The van der Waals surface area contributed by atoms with Gasteiger partial charge in [-0.3, -0.25) is 9.10 Å². The van der Waals surface area contributed by atoms with Crippen LogP contribution in [0.3, 0.4) is 0 Å². The van der Waals surface area contributed by atoms with E-state index in [1.807, 2.05) is 24.3 Å². The number of amides is 1. The van der Waals surface area contributed by atoms with E-state index in [0.29, 0.717) is 39.9 Å². The van der Waals surface area contributed by atoms with Crippen molar-refractivity contribution in [2.24, 2.45) is 0 Å². The predicted octanol–water partition coefficient (Wildman–Crippen LogP) is 3.88. The summed E-state index contributed by atoms with van der Waals surface area (Å²) in [6.07, 6.45) is 0.828. The highest BCUT2D eigenvalue weighted by molar-refractivity contribution is 7.92. The van der Waals surface area contributed by atoms with Crippen molar-refractivity contribution in [1.29, 1.82) is 0 Å². The number of carbonyl (C=O) groups excluding carboxylic acids is 1. The molecule has 7 nitrogen and oxygen atoms in total. The van der Waals surface area contributed by atoms with Gasteiger partial charge in [-0.1, -0.05) is 41.9 Å². The fourth-order valence-corrected chi connectivity index (χ4v) is 4.51. The normalized spacial score (nSPS) is 15.0. The smallest absolute Gasteiger partial charge is 0.251 e. The molecule has 0 aromatic heterocycles. The number of halogens is 1.